The molecule has 1 aliphatic rings. The van der Waals surface area contributed by atoms with Crippen molar-refractivity contribution in [3.05, 3.63) is 24.3 Å². The monoisotopic (exact) mass is 327 g/mol. The van der Waals surface area contributed by atoms with Crippen molar-refractivity contribution in [2.75, 3.05) is 38.7 Å². The molecule has 0 aliphatic carbocycles. The number of hydrogen-bond acceptors (Lipinski definition) is 3. The maximum absolute atomic E-state index is 5.76. The van der Waals surface area contributed by atoms with Crippen LogP contribution in [0.15, 0.2) is 24.3 Å². The lowest BCUT2D eigenvalue weighted by atomic mass is 10.1. The minimum Gasteiger partial charge on any atom is -0.497 e. The van der Waals surface area contributed by atoms with Gasteiger partial charge in [0, 0.05) is 18.4 Å². The molecule has 1 aliphatic heterocycles. The molecule has 1 atom stereocenters. The van der Waals surface area contributed by atoms with Crippen molar-refractivity contribution < 1.29 is 9.47 Å². The zero-order valence-electron chi connectivity index (χ0n) is 11.5. The van der Waals surface area contributed by atoms with E-state index in [4.69, 9.17) is 9.47 Å². The highest BCUT2D eigenvalue weighted by Crippen LogP contribution is 2.20. The van der Waals surface area contributed by atoms with Gasteiger partial charge < -0.3 is 9.47 Å². The Kier molecular flexibility index (Phi) is 5.98. The normalized spacial score (nSPS) is 19.6. The van der Waals surface area contributed by atoms with Crippen molar-refractivity contribution in [2.24, 2.45) is 5.92 Å². The number of rotatable bonds is 7. The molecule has 1 aromatic rings. The molecule has 4 heteroatoms. The molecule has 3 nitrogen and oxygen atoms in total. The third-order valence-corrected chi connectivity index (χ3v) is 4.08. The third kappa shape index (κ3) is 4.69. The van der Waals surface area contributed by atoms with Gasteiger partial charge in [-0.1, -0.05) is 15.9 Å². The van der Waals surface area contributed by atoms with E-state index in [0.29, 0.717) is 0 Å². The second-order valence-electron chi connectivity index (χ2n) is 4.96. The molecule has 0 bridgehead atoms. The smallest absolute Gasteiger partial charge is 0.119 e. The number of benzene rings is 1. The van der Waals surface area contributed by atoms with Crippen molar-refractivity contribution in [2.45, 2.75) is 12.8 Å². The average molecular weight is 328 g/mol. The molecule has 1 heterocycles. The molecular weight excluding hydrogens is 306 g/mol. The summed E-state index contributed by atoms with van der Waals surface area (Å²) < 4.78 is 10.9. The van der Waals surface area contributed by atoms with E-state index in [1.54, 1.807) is 7.11 Å². The molecule has 1 fully saturated rings. The first-order valence-corrected chi connectivity index (χ1v) is 7.99. The summed E-state index contributed by atoms with van der Waals surface area (Å²) in [6.45, 7) is 4.21. The van der Waals surface area contributed by atoms with Gasteiger partial charge in [-0.25, -0.2) is 0 Å². The van der Waals surface area contributed by atoms with Crippen LogP contribution in [0.25, 0.3) is 0 Å². The van der Waals surface area contributed by atoms with Gasteiger partial charge in [-0.05, 0) is 49.6 Å². The van der Waals surface area contributed by atoms with Gasteiger partial charge in [-0.3, -0.25) is 4.90 Å². The predicted octanol–water partition coefficient (Wildman–Crippen LogP) is 3.18. The molecule has 0 N–H and O–H groups in total. The fourth-order valence-corrected chi connectivity index (χ4v) is 3.12. The summed E-state index contributed by atoms with van der Waals surface area (Å²) in [6, 6.07) is 7.77. The molecule has 0 amide bonds. The van der Waals surface area contributed by atoms with Crippen LogP contribution in [0.3, 0.4) is 0 Å². The van der Waals surface area contributed by atoms with E-state index in [0.717, 1.165) is 35.9 Å². The predicted molar refractivity (Wildman–Crippen MR) is 81.4 cm³/mol. The SMILES string of the molecule is COc1ccc(OCCN2CCC(CCBr)C2)cc1. The van der Waals surface area contributed by atoms with E-state index in [2.05, 4.69) is 20.8 Å². The third-order valence-electron chi connectivity index (χ3n) is 3.62. The van der Waals surface area contributed by atoms with Gasteiger partial charge in [0.15, 0.2) is 0 Å². The van der Waals surface area contributed by atoms with Gasteiger partial charge in [-0.2, -0.15) is 0 Å². The number of alkyl halides is 1. The summed E-state index contributed by atoms with van der Waals surface area (Å²) in [5.74, 6) is 2.64. The summed E-state index contributed by atoms with van der Waals surface area (Å²) in [7, 11) is 1.67. The number of likely N-dealkylation sites (tertiary alicyclic amines) is 1. The number of hydrogen-bond donors (Lipinski definition) is 0. The van der Waals surface area contributed by atoms with E-state index >= 15 is 0 Å². The lowest BCUT2D eigenvalue weighted by Gasteiger charge is -2.16. The van der Waals surface area contributed by atoms with Gasteiger partial charge >= 0.3 is 0 Å². The van der Waals surface area contributed by atoms with Crippen LogP contribution in [-0.4, -0.2) is 43.6 Å². The fourth-order valence-electron chi connectivity index (χ4n) is 2.47. The van der Waals surface area contributed by atoms with Gasteiger partial charge in [0.2, 0.25) is 0 Å². The topological polar surface area (TPSA) is 21.7 Å². The Balaban J connectivity index is 1.66. The Hall–Kier alpha value is -0.740. The van der Waals surface area contributed by atoms with E-state index in [1.165, 1.54) is 25.9 Å². The lowest BCUT2D eigenvalue weighted by Crippen LogP contribution is -2.26. The molecular formula is C15H22BrNO2. The molecule has 2 rings (SSSR count). The van der Waals surface area contributed by atoms with Crippen LogP contribution in [0, 0.1) is 5.92 Å². The number of nitrogens with zero attached hydrogens (tertiary/aromatic N) is 1. The van der Waals surface area contributed by atoms with Crippen LogP contribution in [0.2, 0.25) is 0 Å². The minimum atomic E-state index is 0.757. The van der Waals surface area contributed by atoms with Crippen molar-refractivity contribution >= 4 is 15.9 Å². The second kappa shape index (κ2) is 7.75. The standard InChI is InChI=1S/C15H22BrNO2/c1-18-14-2-4-15(5-3-14)19-11-10-17-9-7-13(12-17)6-8-16/h2-5,13H,6-12H2,1H3. The number of ether oxygens (including phenoxy) is 2. The summed E-state index contributed by atoms with van der Waals surface area (Å²) in [5.41, 5.74) is 0. The Morgan fingerprint density at radius 3 is 2.68 bits per heavy atom. The zero-order chi connectivity index (χ0) is 13.5. The molecule has 0 spiro atoms. The molecule has 1 unspecified atom stereocenters. The highest BCUT2D eigenvalue weighted by molar-refractivity contribution is 9.09. The molecule has 1 aromatic carbocycles. The summed E-state index contributed by atoms with van der Waals surface area (Å²) >= 11 is 3.52. The molecule has 0 aromatic heterocycles. The molecule has 19 heavy (non-hydrogen) atoms. The quantitative estimate of drug-likeness (QED) is 0.718. The highest BCUT2D eigenvalue weighted by Gasteiger charge is 2.21. The van der Waals surface area contributed by atoms with Gasteiger partial charge in [0.25, 0.3) is 0 Å². The van der Waals surface area contributed by atoms with Crippen LogP contribution < -0.4 is 9.47 Å². The van der Waals surface area contributed by atoms with Gasteiger partial charge in [0.05, 0.1) is 7.11 Å². The Morgan fingerprint density at radius 1 is 1.26 bits per heavy atom. The number of methoxy groups -OCH3 is 1. The lowest BCUT2D eigenvalue weighted by molar-refractivity contribution is 0.232. The minimum absolute atomic E-state index is 0.757. The molecule has 1 saturated heterocycles. The van der Waals surface area contributed by atoms with Crippen LogP contribution in [0.1, 0.15) is 12.8 Å². The highest BCUT2D eigenvalue weighted by atomic mass is 79.9. The molecule has 0 saturated carbocycles. The van der Waals surface area contributed by atoms with Crippen LogP contribution in [0.5, 0.6) is 11.5 Å². The first kappa shape index (κ1) is 14.7. The van der Waals surface area contributed by atoms with Crippen LogP contribution in [0.4, 0.5) is 0 Å². The van der Waals surface area contributed by atoms with E-state index in [-0.39, 0.29) is 0 Å². The maximum Gasteiger partial charge on any atom is 0.119 e. The van der Waals surface area contributed by atoms with Crippen molar-refractivity contribution in [1.29, 1.82) is 0 Å². The van der Waals surface area contributed by atoms with E-state index in [1.807, 2.05) is 24.3 Å². The van der Waals surface area contributed by atoms with Crippen LogP contribution >= 0.6 is 15.9 Å². The van der Waals surface area contributed by atoms with Crippen molar-refractivity contribution in [3.63, 3.8) is 0 Å². The first-order chi connectivity index (χ1) is 9.31. The number of halogens is 1. The average Bonchev–Trinajstić information content (AvgIpc) is 2.88. The first-order valence-electron chi connectivity index (χ1n) is 6.87. The van der Waals surface area contributed by atoms with E-state index in [9.17, 15) is 0 Å². The summed E-state index contributed by atoms with van der Waals surface area (Å²) in [4.78, 5) is 2.50. The van der Waals surface area contributed by atoms with Crippen molar-refractivity contribution in [3.8, 4) is 11.5 Å². The summed E-state index contributed by atoms with van der Waals surface area (Å²) in [5, 5.41) is 1.12. The maximum atomic E-state index is 5.76. The fraction of sp³-hybridized carbons (Fsp3) is 0.600. The Morgan fingerprint density at radius 2 is 2.00 bits per heavy atom. The van der Waals surface area contributed by atoms with Crippen molar-refractivity contribution in [1.82, 2.24) is 4.90 Å². The molecule has 106 valence electrons. The Labute approximate surface area is 124 Å². The van der Waals surface area contributed by atoms with Gasteiger partial charge in [-0.15, -0.1) is 0 Å². The Bertz CT molecular complexity index is 369. The largest absolute Gasteiger partial charge is 0.497 e. The zero-order valence-corrected chi connectivity index (χ0v) is 13.1. The summed E-state index contributed by atoms with van der Waals surface area (Å²) in [6.07, 6.45) is 2.62. The van der Waals surface area contributed by atoms with Crippen LogP contribution in [-0.2, 0) is 0 Å². The molecule has 0 radical (unpaired) electrons. The second-order valence-corrected chi connectivity index (χ2v) is 5.75. The van der Waals surface area contributed by atoms with E-state index < -0.39 is 0 Å². The van der Waals surface area contributed by atoms with Gasteiger partial charge in [0.1, 0.15) is 18.1 Å².